The summed E-state index contributed by atoms with van der Waals surface area (Å²) in [6.07, 6.45) is 1.10. The molecule has 1 aromatic carbocycles. The van der Waals surface area contributed by atoms with E-state index in [0.29, 0.717) is 23.8 Å². The van der Waals surface area contributed by atoms with Crippen LogP contribution in [0.3, 0.4) is 0 Å². The topological polar surface area (TPSA) is 51.2 Å². The summed E-state index contributed by atoms with van der Waals surface area (Å²) >= 11 is 0. The van der Waals surface area contributed by atoms with Crippen molar-refractivity contribution in [3.8, 4) is 5.75 Å². The zero-order valence-corrected chi connectivity index (χ0v) is 15.3. The van der Waals surface area contributed by atoms with E-state index >= 15 is 0 Å². The van der Waals surface area contributed by atoms with Gasteiger partial charge in [0.1, 0.15) is 5.75 Å². The van der Waals surface area contributed by atoms with Gasteiger partial charge < -0.3 is 19.1 Å². The van der Waals surface area contributed by atoms with Gasteiger partial charge in [0.2, 0.25) is 0 Å². The fraction of sp³-hybridized carbons (Fsp3) is 0.632. The zero-order chi connectivity index (χ0) is 17.8. The van der Waals surface area contributed by atoms with Crippen molar-refractivity contribution in [1.29, 1.82) is 0 Å². The molecular weight excluding hydrogens is 320 g/mol. The third-order valence-corrected chi connectivity index (χ3v) is 5.43. The van der Waals surface area contributed by atoms with Gasteiger partial charge in [-0.1, -0.05) is 6.07 Å². The Labute approximate surface area is 149 Å². The minimum absolute atomic E-state index is 0.0806. The molecule has 2 fully saturated rings. The predicted octanol–water partition coefficient (Wildman–Crippen LogP) is 1.50. The van der Waals surface area contributed by atoms with Gasteiger partial charge in [-0.05, 0) is 24.6 Å². The Balaban J connectivity index is 1.77. The SMILES string of the molecule is COCCN1C[C@@H]2[C@@H](OC)CCN(C(=O)c3cccc(OC)c3)[C@@H]2C1. The monoisotopic (exact) mass is 348 g/mol. The van der Waals surface area contributed by atoms with Gasteiger partial charge in [-0.3, -0.25) is 9.69 Å². The van der Waals surface area contributed by atoms with Crippen molar-refractivity contribution in [2.45, 2.75) is 18.6 Å². The maximum absolute atomic E-state index is 13.1. The molecule has 138 valence electrons. The smallest absolute Gasteiger partial charge is 0.254 e. The van der Waals surface area contributed by atoms with Gasteiger partial charge >= 0.3 is 0 Å². The van der Waals surface area contributed by atoms with Crippen molar-refractivity contribution in [1.82, 2.24) is 9.80 Å². The lowest BCUT2D eigenvalue weighted by Crippen LogP contribution is -2.53. The molecule has 1 aromatic rings. The van der Waals surface area contributed by atoms with E-state index in [9.17, 15) is 4.79 Å². The van der Waals surface area contributed by atoms with Crippen LogP contribution < -0.4 is 4.74 Å². The molecule has 6 heteroatoms. The summed E-state index contributed by atoms with van der Waals surface area (Å²) in [6.45, 7) is 4.16. The summed E-state index contributed by atoms with van der Waals surface area (Å²) in [5.74, 6) is 1.14. The molecule has 1 amide bonds. The van der Waals surface area contributed by atoms with Crippen molar-refractivity contribution in [3.05, 3.63) is 29.8 Å². The highest BCUT2D eigenvalue weighted by Crippen LogP contribution is 2.33. The number of fused-ring (bicyclic) bond motifs is 1. The number of piperidine rings is 1. The van der Waals surface area contributed by atoms with Crippen LogP contribution in [0.4, 0.5) is 0 Å². The number of carbonyl (C=O) groups excluding carboxylic acids is 1. The number of benzene rings is 1. The van der Waals surface area contributed by atoms with Crippen molar-refractivity contribution in [2.24, 2.45) is 5.92 Å². The van der Waals surface area contributed by atoms with E-state index in [4.69, 9.17) is 14.2 Å². The summed E-state index contributed by atoms with van der Waals surface area (Å²) in [5.41, 5.74) is 0.685. The maximum atomic E-state index is 13.1. The van der Waals surface area contributed by atoms with E-state index in [2.05, 4.69) is 4.90 Å². The van der Waals surface area contributed by atoms with Crippen LogP contribution in [-0.2, 0) is 9.47 Å². The Morgan fingerprint density at radius 1 is 1.24 bits per heavy atom. The fourth-order valence-corrected chi connectivity index (χ4v) is 4.11. The number of hydrogen-bond donors (Lipinski definition) is 0. The zero-order valence-electron chi connectivity index (χ0n) is 15.3. The molecule has 0 spiro atoms. The van der Waals surface area contributed by atoms with E-state index in [1.54, 1.807) is 21.3 Å². The maximum Gasteiger partial charge on any atom is 0.254 e. The second kappa shape index (κ2) is 8.17. The molecule has 0 N–H and O–H groups in total. The number of nitrogens with zero attached hydrogens (tertiary/aromatic N) is 2. The summed E-state index contributed by atoms with van der Waals surface area (Å²) in [4.78, 5) is 17.5. The highest BCUT2D eigenvalue weighted by atomic mass is 16.5. The van der Waals surface area contributed by atoms with E-state index in [0.717, 1.165) is 32.6 Å². The van der Waals surface area contributed by atoms with E-state index in [-0.39, 0.29) is 18.1 Å². The molecule has 3 rings (SSSR count). The lowest BCUT2D eigenvalue weighted by molar-refractivity contribution is -0.0157. The molecule has 2 heterocycles. The van der Waals surface area contributed by atoms with Gasteiger partial charge in [-0.25, -0.2) is 0 Å². The Bertz CT molecular complexity index is 595. The van der Waals surface area contributed by atoms with Crippen LogP contribution in [0.1, 0.15) is 16.8 Å². The lowest BCUT2D eigenvalue weighted by atomic mass is 9.88. The van der Waals surface area contributed by atoms with Gasteiger partial charge in [-0.15, -0.1) is 0 Å². The van der Waals surface area contributed by atoms with E-state index in [1.165, 1.54) is 0 Å². The molecule has 0 bridgehead atoms. The van der Waals surface area contributed by atoms with Crippen LogP contribution >= 0.6 is 0 Å². The molecular formula is C19H28N2O4. The van der Waals surface area contributed by atoms with Crippen LogP contribution in [0.5, 0.6) is 5.75 Å². The number of carbonyl (C=O) groups is 1. The molecule has 0 saturated carbocycles. The Morgan fingerprint density at radius 3 is 2.80 bits per heavy atom. The average Bonchev–Trinajstić information content (AvgIpc) is 3.09. The van der Waals surface area contributed by atoms with Crippen LogP contribution in [0.2, 0.25) is 0 Å². The number of amides is 1. The molecule has 25 heavy (non-hydrogen) atoms. The number of methoxy groups -OCH3 is 3. The van der Waals surface area contributed by atoms with Crippen molar-refractivity contribution >= 4 is 5.91 Å². The average molecular weight is 348 g/mol. The second-order valence-electron chi connectivity index (χ2n) is 6.78. The fourth-order valence-electron chi connectivity index (χ4n) is 4.11. The predicted molar refractivity (Wildman–Crippen MR) is 95.0 cm³/mol. The van der Waals surface area contributed by atoms with E-state index in [1.807, 2.05) is 29.2 Å². The normalized spacial score (nSPS) is 26.5. The molecule has 0 aromatic heterocycles. The molecule has 0 unspecified atom stereocenters. The third kappa shape index (κ3) is 3.81. The summed E-state index contributed by atoms with van der Waals surface area (Å²) < 4.78 is 16.2. The summed E-state index contributed by atoms with van der Waals surface area (Å²) in [6, 6.07) is 7.59. The Morgan fingerprint density at radius 2 is 2.08 bits per heavy atom. The van der Waals surface area contributed by atoms with Gasteiger partial charge in [0.15, 0.2) is 0 Å². The van der Waals surface area contributed by atoms with Gasteiger partial charge in [-0.2, -0.15) is 0 Å². The number of rotatable bonds is 6. The summed E-state index contributed by atoms with van der Waals surface area (Å²) in [7, 11) is 5.12. The molecule has 0 aliphatic carbocycles. The van der Waals surface area contributed by atoms with Crippen molar-refractivity contribution in [2.75, 3.05) is 54.1 Å². The van der Waals surface area contributed by atoms with Crippen molar-refractivity contribution in [3.63, 3.8) is 0 Å². The molecule has 6 nitrogen and oxygen atoms in total. The van der Waals surface area contributed by atoms with Crippen LogP contribution in [0.25, 0.3) is 0 Å². The first kappa shape index (κ1) is 18.2. The second-order valence-corrected chi connectivity index (χ2v) is 6.78. The molecule has 2 aliphatic rings. The Kier molecular flexibility index (Phi) is 5.93. The molecule has 0 radical (unpaired) electrons. The van der Waals surface area contributed by atoms with Crippen molar-refractivity contribution < 1.29 is 19.0 Å². The first-order valence-corrected chi connectivity index (χ1v) is 8.87. The van der Waals surface area contributed by atoms with Crippen LogP contribution in [0, 0.1) is 5.92 Å². The van der Waals surface area contributed by atoms with Gasteiger partial charge in [0.25, 0.3) is 5.91 Å². The first-order chi connectivity index (χ1) is 12.2. The molecule has 3 atom stereocenters. The van der Waals surface area contributed by atoms with E-state index < -0.39 is 0 Å². The number of ether oxygens (including phenoxy) is 3. The number of likely N-dealkylation sites (tertiary alicyclic amines) is 2. The molecule has 2 aliphatic heterocycles. The van der Waals surface area contributed by atoms with Crippen LogP contribution in [0.15, 0.2) is 24.3 Å². The summed E-state index contributed by atoms with van der Waals surface area (Å²) in [5, 5.41) is 0. The number of hydrogen-bond acceptors (Lipinski definition) is 5. The minimum Gasteiger partial charge on any atom is -0.497 e. The standard InChI is InChI=1S/C19H28N2O4/c1-23-10-9-20-12-16-17(13-20)21(8-7-18(16)25-3)19(22)14-5-4-6-15(11-14)24-2/h4-6,11,16-18H,7-10,12-13H2,1-3H3/t16-,17+,18-/m0/s1. The quantitative estimate of drug-likeness (QED) is 0.780. The third-order valence-electron chi connectivity index (χ3n) is 5.43. The largest absolute Gasteiger partial charge is 0.497 e. The Hall–Kier alpha value is -1.63. The minimum atomic E-state index is 0.0806. The highest BCUT2D eigenvalue weighted by molar-refractivity contribution is 5.95. The van der Waals surface area contributed by atoms with Gasteiger partial charge in [0, 0.05) is 51.9 Å². The molecule has 2 saturated heterocycles. The van der Waals surface area contributed by atoms with Crippen LogP contribution in [-0.4, -0.2) is 82.0 Å². The van der Waals surface area contributed by atoms with Gasteiger partial charge in [0.05, 0.1) is 25.9 Å². The first-order valence-electron chi connectivity index (χ1n) is 8.87. The highest BCUT2D eigenvalue weighted by Gasteiger charge is 2.45. The lowest BCUT2D eigenvalue weighted by Gasteiger charge is -2.41.